The second kappa shape index (κ2) is 7.35. The number of carbonyl (C=O) groups is 2. The molecule has 0 N–H and O–H groups in total. The molecule has 3 heterocycles. The summed E-state index contributed by atoms with van der Waals surface area (Å²) in [5, 5.41) is 0. The van der Waals surface area contributed by atoms with Gasteiger partial charge in [-0.05, 0) is 32.4 Å². The highest BCUT2D eigenvalue weighted by molar-refractivity contribution is 7.89. The molecule has 2 saturated heterocycles. The molecule has 2 amide bonds. The Morgan fingerprint density at radius 1 is 1.00 bits per heavy atom. The number of hydrogen-bond donors (Lipinski definition) is 0. The van der Waals surface area contributed by atoms with Crippen molar-refractivity contribution in [2.45, 2.75) is 44.3 Å². The lowest BCUT2D eigenvalue weighted by Crippen LogP contribution is -2.46. The summed E-state index contributed by atoms with van der Waals surface area (Å²) in [6.45, 7) is 4.93. The molecule has 1 aromatic carbocycles. The van der Waals surface area contributed by atoms with E-state index >= 15 is 0 Å². The van der Waals surface area contributed by atoms with Gasteiger partial charge in [-0.2, -0.15) is 4.31 Å². The number of hydrogen-bond acceptors (Lipinski definition) is 7. The number of morpholine rings is 1. The first kappa shape index (κ1) is 21.0. The molecule has 1 saturated carbocycles. The van der Waals surface area contributed by atoms with E-state index in [2.05, 4.69) is 0 Å². The summed E-state index contributed by atoms with van der Waals surface area (Å²) in [7, 11) is -3.54. The van der Waals surface area contributed by atoms with Crippen LogP contribution in [-0.2, 0) is 24.2 Å². The second-order valence-corrected chi connectivity index (χ2v) is 11.0. The minimum atomic E-state index is -3.54. The van der Waals surface area contributed by atoms with E-state index in [1.54, 1.807) is 38.1 Å². The Bertz CT molecular complexity index is 983. The highest BCUT2D eigenvalue weighted by atomic mass is 32.2. The SMILES string of the molecule is CC1(C)O[C@@H]2[C@@H](CS(=O)(=O)N3CCOCC3)C[C@@H](N3C(=O)c4ccccc4C3=O)[C@@H]2O1. The van der Waals surface area contributed by atoms with Crippen LogP contribution in [0.2, 0.25) is 0 Å². The van der Waals surface area contributed by atoms with Gasteiger partial charge in [0.25, 0.3) is 11.8 Å². The maximum atomic E-state index is 13.1. The summed E-state index contributed by atoms with van der Waals surface area (Å²) < 4.78 is 45.0. The van der Waals surface area contributed by atoms with Gasteiger partial charge < -0.3 is 14.2 Å². The molecular weight excluding hydrogens is 424 g/mol. The number of ether oxygens (including phenoxy) is 3. The minimum Gasteiger partial charge on any atom is -0.379 e. The highest BCUT2D eigenvalue weighted by Gasteiger charge is 2.59. The summed E-state index contributed by atoms with van der Waals surface area (Å²) in [6.07, 6.45) is -0.761. The number of amides is 2. The van der Waals surface area contributed by atoms with Crippen molar-refractivity contribution < 1.29 is 32.2 Å². The van der Waals surface area contributed by atoms with E-state index in [9.17, 15) is 18.0 Å². The van der Waals surface area contributed by atoms with E-state index in [0.717, 1.165) is 0 Å². The van der Waals surface area contributed by atoms with Crippen molar-refractivity contribution in [2.24, 2.45) is 5.92 Å². The lowest BCUT2D eigenvalue weighted by Gasteiger charge is -2.29. The summed E-state index contributed by atoms with van der Waals surface area (Å²) in [4.78, 5) is 27.3. The number of benzene rings is 1. The van der Waals surface area contributed by atoms with E-state index in [1.165, 1.54) is 9.21 Å². The van der Waals surface area contributed by atoms with Gasteiger partial charge in [-0.15, -0.1) is 0 Å². The van der Waals surface area contributed by atoms with Crippen LogP contribution in [0.4, 0.5) is 0 Å². The van der Waals surface area contributed by atoms with Crippen molar-refractivity contribution in [1.29, 1.82) is 0 Å². The average Bonchev–Trinajstić information content (AvgIpc) is 3.31. The Kier molecular flexibility index (Phi) is 4.98. The van der Waals surface area contributed by atoms with Crippen LogP contribution in [0.1, 0.15) is 41.0 Å². The van der Waals surface area contributed by atoms with E-state index < -0.39 is 40.0 Å². The van der Waals surface area contributed by atoms with Gasteiger partial charge in [-0.25, -0.2) is 8.42 Å². The Labute approximate surface area is 181 Å². The maximum absolute atomic E-state index is 13.1. The monoisotopic (exact) mass is 450 g/mol. The number of nitrogens with zero attached hydrogens (tertiary/aromatic N) is 2. The molecule has 0 aromatic heterocycles. The van der Waals surface area contributed by atoms with E-state index in [1.807, 2.05) is 0 Å². The largest absolute Gasteiger partial charge is 0.379 e. The molecule has 4 aliphatic rings. The normalized spacial score (nSPS) is 33.0. The van der Waals surface area contributed by atoms with Crippen molar-refractivity contribution in [3.8, 4) is 0 Å². The molecule has 1 aromatic rings. The molecular formula is C21H26N2O7S. The van der Waals surface area contributed by atoms with Crippen LogP contribution in [0.3, 0.4) is 0 Å². The first-order chi connectivity index (χ1) is 14.7. The van der Waals surface area contributed by atoms with Crippen molar-refractivity contribution in [2.75, 3.05) is 32.1 Å². The number of carbonyl (C=O) groups excluding carboxylic acids is 2. The smallest absolute Gasteiger partial charge is 0.261 e. The molecule has 0 unspecified atom stereocenters. The van der Waals surface area contributed by atoms with Crippen molar-refractivity contribution >= 4 is 21.8 Å². The number of imide groups is 1. The molecule has 0 bridgehead atoms. The Morgan fingerprint density at radius 3 is 2.19 bits per heavy atom. The van der Waals surface area contributed by atoms with Gasteiger partial charge in [0.2, 0.25) is 10.0 Å². The van der Waals surface area contributed by atoms with Gasteiger partial charge in [0, 0.05) is 19.0 Å². The average molecular weight is 451 g/mol. The van der Waals surface area contributed by atoms with Gasteiger partial charge in [-0.3, -0.25) is 14.5 Å². The van der Waals surface area contributed by atoms with Gasteiger partial charge >= 0.3 is 0 Å². The van der Waals surface area contributed by atoms with Crippen molar-refractivity contribution in [1.82, 2.24) is 9.21 Å². The fourth-order valence-corrected chi connectivity index (χ4v) is 6.97. The van der Waals surface area contributed by atoms with E-state index in [0.29, 0.717) is 43.9 Å². The van der Waals surface area contributed by atoms with Crippen LogP contribution >= 0.6 is 0 Å². The predicted molar refractivity (Wildman–Crippen MR) is 109 cm³/mol. The molecule has 1 aliphatic carbocycles. The van der Waals surface area contributed by atoms with Crippen LogP contribution in [0, 0.1) is 5.92 Å². The summed E-state index contributed by atoms with van der Waals surface area (Å²) in [5.41, 5.74) is 0.734. The van der Waals surface area contributed by atoms with Crippen LogP contribution in [0.15, 0.2) is 24.3 Å². The zero-order chi connectivity index (χ0) is 22.0. The lowest BCUT2D eigenvalue weighted by atomic mass is 10.1. The van der Waals surface area contributed by atoms with Crippen LogP contribution < -0.4 is 0 Å². The number of sulfonamides is 1. The third-order valence-corrected chi connectivity index (χ3v) is 8.50. The first-order valence-corrected chi connectivity index (χ1v) is 12.2. The number of rotatable bonds is 4. The van der Waals surface area contributed by atoms with Gasteiger partial charge in [0.1, 0.15) is 6.10 Å². The first-order valence-electron chi connectivity index (χ1n) is 10.6. The van der Waals surface area contributed by atoms with Gasteiger partial charge in [-0.1, -0.05) is 12.1 Å². The molecule has 9 nitrogen and oxygen atoms in total. The molecule has 31 heavy (non-hydrogen) atoms. The molecule has 168 valence electrons. The zero-order valence-electron chi connectivity index (χ0n) is 17.5. The second-order valence-electron chi connectivity index (χ2n) is 8.94. The predicted octanol–water partition coefficient (Wildman–Crippen LogP) is 0.853. The van der Waals surface area contributed by atoms with Gasteiger partial charge in [0.05, 0.1) is 42.2 Å². The van der Waals surface area contributed by atoms with Crippen LogP contribution in [-0.4, -0.2) is 85.5 Å². The molecule has 0 radical (unpaired) electrons. The quantitative estimate of drug-likeness (QED) is 0.627. The zero-order valence-corrected chi connectivity index (χ0v) is 18.3. The van der Waals surface area contributed by atoms with Crippen LogP contribution in [0.5, 0.6) is 0 Å². The molecule has 5 rings (SSSR count). The fourth-order valence-electron chi connectivity index (χ4n) is 5.18. The Balaban J connectivity index is 1.43. The molecule has 4 atom stereocenters. The topological polar surface area (TPSA) is 102 Å². The van der Waals surface area contributed by atoms with E-state index in [-0.39, 0.29) is 17.6 Å². The van der Waals surface area contributed by atoms with Gasteiger partial charge in [0.15, 0.2) is 5.79 Å². The third kappa shape index (κ3) is 3.50. The van der Waals surface area contributed by atoms with E-state index in [4.69, 9.17) is 14.2 Å². The van der Waals surface area contributed by atoms with Crippen molar-refractivity contribution in [3.05, 3.63) is 35.4 Å². The highest BCUT2D eigenvalue weighted by Crippen LogP contribution is 2.45. The minimum absolute atomic E-state index is 0.118. The Hall–Kier alpha value is -1.85. The molecule has 3 fully saturated rings. The number of fused-ring (bicyclic) bond motifs is 2. The van der Waals surface area contributed by atoms with Crippen LogP contribution in [0.25, 0.3) is 0 Å². The lowest BCUT2D eigenvalue weighted by molar-refractivity contribution is -0.160. The summed E-state index contributed by atoms with van der Waals surface area (Å²) >= 11 is 0. The summed E-state index contributed by atoms with van der Waals surface area (Å²) in [6, 6.07) is 6.14. The maximum Gasteiger partial charge on any atom is 0.261 e. The summed E-state index contributed by atoms with van der Waals surface area (Å²) in [5.74, 6) is -2.17. The Morgan fingerprint density at radius 2 is 1.58 bits per heavy atom. The fraction of sp³-hybridized carbons (Fsp3) is 0.619. The molecule has 3 aliphatic heterocycles. The third-order valence-electron chi connectivity index (χ3n) is 6.50. The van der Waals surface area contributed by atoms with Crippen molar-refractivity contribution in [3.63, 3.8) is 0 Å². The standard InChI is InChI=1S/C21H26N2O7S/c1-21(2)29-17-13(12-31(26,27)22-7-9-28-10-8-22)11-16(18(17)30-21)23-19(24)14-5-3-4-6-15(14)20(23)25/h3-6,13,16-18H,7-12H2,1-2H3/t13-,16-,17-,18+/m1/s1. The molecule has 0 spiro atoms. The molecule has 10 heteroatoms.